The lowest BCUT2D eigenvalue weighted by molar-refractivity contribution is 0.622. The Labute approximate surface area is 313 Å². The van der Waals surface area contributed by atoms with Crippen LogP contribution in [0.4, 0.5) is 17.1 Å². The first-order valence-corrected chi connectivity index (χ1v) is 18.4. The van der Waals surface area contributed by atoms with E-state index in [9.17, 15) is 0 Å². The molecule has 0 saturated carbocycles. The van der Waals surface area contributed by atoms with E-state index in [0.717, 1.165) is 94.1 Å². The van der Waals surface area contributed by atoms with Crippen molar-refractivity contribution in [2.24, 2.45) is 0 Å². The zero-order valence-corrected chi connectivity index (χ0v) is 29.3. The molecule has 55 heavy (non-hydrogen) atoms. The standard InChI is InChI=1S/C49H29N3O3/c1-3-12-30(13-4-1)49-50-38-24-27-45-47(48(38)55-49)37-29-33(23-26-43(37)54-45)51(41-19-11-21-44-46(41)35-17-8-10-20-42(35)53-44)32-22-25-40-36(28-32)34-16-7-9-18-39(34)52(40)31-14-5-2-6-15-31/h1-29H. The second-order valence-electron chi connectivity index (χ2n) is 13.9. The van der Waals surface area contributed by atoms with E-state index in [1.54, 1.807) is 0 Å². The number of aromatic nitrogens is 2. The van der Waals surface area contributed by atoms with Crippen molar-refractivity contribution in [1.82, 2.24) is 9.55 Å². The molecule has 4 aromatic heterocycles. The summed E-state index contributed by atoms with van der Waals surface area (Å²) in [6, 6.07) is 60.9. The van der Waals surface area contributed by atoms with Crippen LogP contribution in [-0.4, -0.2) is 9.55 Å². The SMILES string of the molecule is c1ccc(-c2nc3ccc4oc5ccc(N(c6ccc7c(c6)c6ccccc6n7-c6ccccc6)c6cccc7oc8ccccc8c67)cc5c4c3o2)cc1. The minimum Gasteiger partial charge on any atom is -0.456 e. The first-order valence-electron chi connectivity index (χ1n) is 18.4. The van der Waals surface area contributed by atoms with Crippen LogP contribution in [0, 0.1) is 0 Å². The van der Waals surface area contributed by atoms with Crippen LogP contribution in [0.15, 0.2) is 189 Å². The summed E-state index contributed by atoms with van der Waals surface area (Å²) in [5.41, 5.74) is 12.0. The zero-order chi connectivity index (χ0) is 36.0. The maximum absolute atomic E-state index is 6.53. The van der Waals surface area contributed by atoms with Gasteiger partial charge < -0.3 is 22.7 Å². The van der Waals surface area contributed by atoms with Gasteiger partial charge in [0, 0.05) is 44.2 Å². The molecule has 0 aliphatic carbocycles. The molecular formula is C49H29N3O3. The number of anilines is 3. The molecule has 0 bridgehead atoms. The highest BCUT2D eigenvalue weighted by Gasteiger charge is 2.23. The molecule has 12 aromatic rings. The van der Waals surface area contributed by atoms with E-state index >= 15 is 0 Å². The summed E-state index contributed by atoms with van der Waals surface area (Å²) in [5.74, 6) is 0.580. The van der Waals surface area contributed by atoms with Crippen LogP contribution in [0.5, 0.6) is 0 Å². The lowest BCUT2D eigenvalue weighted by Crippen LogP contribution is -2.10. The maximum Gasteiger partial charge on any atom is 0.227 e. The minimum absolute atomic E-state index is 0.580. The number of nitrogens with zero attached hydrogens (tertiary/aromatic N) is 3. The lowest BCUT2D eigenvalue weighted by atomic mass is 10.1. The van der Waals surface area contributed by atoms with Gasteiger partial charge in [0.15, 0.2) is 5.58 Å². The highest BCUT2D eigenvalue weighted by atomic mass is 16.4. The van der Waals surface area contributed by atoms with Crippen molar-refractivity contribution < 1.29 is 13.3 Å². The van der Waals surface area contributed by atoms with Crippen LogP contribution in [0.2, 0.25) is 0 Å². The van der Waals surface area contributed by atoms with Gasteiger partial charge >= 0.3 is 0 Å². The average molecular weight is 708 g/mol. The molecule has 0 aliphatic heterocycles. The molecule has 4 heterocycles. The Morgan fingerprint density at radius 3 is 1.93 bits per heavy atom. The van der Waals surface area contributed by atoms with E-state index in [-0.39, 0.29) is 0 Å². The molecule has 0 aliphatic rings. The number of benzene rings is 8. The third-order valence-electron chi connectivity index (χ3n) is 10.8. The van der Waals surface area contributed by atoms with Gasteiger partial charge in [0.05, 0.1) is 27.5 Å². The summed E-state index contributed by atoms with van der Waals surface area (Å²) in [7, 11) is 0. The van der Waals surface area contributed by atoms with Crippen LogP contribution in [-0.2, 0) is 0 Å². The first-order chi connectivity index (χ1) is 27.3. The maximum atomic E-state index is 6.53. The van der Waals surface area contributed by atoms with Gasteiger partial charge in [-0.25, -0.2) is 4.98 Å². The molecule has 0 N–H and O–H groups in total. The number of oxazole rings is 1. The second-order valence-corrected chi connectivity index (χ2v) is 13.9. The molecule has 6 nitrogen and oxygen atoms in total. The summed E-state index contributed by atoms with van der Waals surface area (Å²) in [5, 5.41) is 6.31. The molecule has 0 spiro atoms. The smallest absolute Gasteiger partial charge is 0.227 e. The van der Waals surface area contributed by atoms with E-state index in [2.05, 4.69) is 125 Å². The lowest BCUT2D eigenvalue weighted by Gasteiger charge is -2.26. The molecule has 0 radical (unpaired) electrons. The zero-order valence-electron chi connectivity index (χ0n) is 29.3. The van der Waals surface area contributed by atoms with E-state index in [4.69, 9.17) is 18.2 Å². The molecule has 0 atom stereocenters. The van der Waals surface area contributed by atoms with Crippen molar-refractivity contribution in [2.45, 2.75) is 0 Å². The highest BCUT2D eigenvalue weighted by molar-refractivity contribution is 6.18. The Hall–Kier alpha value is -7.57. The molecule has 0 saturated heterocycles. The minimum atomic E-state index is 0.580. The fourth-order valence-corrected chi connectivity index (χ4v) is 8.40. The number of para-hydroxylation sites is 3. The monoisotopic (exact) mass is 707 g/mol. The summed E-state index contributed by atoms with van der Waals surface area (Å²) in [6.45, 7) is 0. The van der Waals surface area contributed by atoms with Crippen molar-refractivity contribution in [3.05, 3.63) is 176 Å². The fraction of sp³-hybridized carbons (Fsp3) is 0. The van der Waals surface area contributed by atoms with Crippen LogP contribution in [0.25, 0.3) is 93.9 Å². The molecule has 6 heteroatoms. The van der Waals surface area contributed by atoms with E-state index < -0.39 is 0 Å². The predicted molar refractivity (Wildman–Crippen MR) is 223 cm³/mol. The predicted octanol–water partition coefficient (Wildman–Crippen LogP) is 13.9. The number of fused-ring (bicyclic) bond motifs is 11. The molecule has 0 amide bonds. The highest BCUT2D eigenvalue weighted by Crippen LogP contribution is 2.46. The van der Waals surface area contributed by atoms with Crippen molar-refractivity contribution in [1.29, 1.82) is 0 Å². The summed E-state index contributed by atoms with van der Waals surface area (Å²) in [4.78, 5) is 7.22. The van der Waals surface area contributed by atoms with E-state index in [1.807, 2.05) is 60.7 Å². The van der Waals surface area contributed by atoms with Crippen molar-refractivity contribution in [3.8, 4) is 17.1 Å². The normalized spacial score (nSPS) is 12.0. The van der Waals surface area contributed by atoms with Gasteiger partial charge in [-0.3, -0.25) is 0 Å². The molecule has 12 rings (SSSR count). The molecule has 8 aromatic carbocycles. The van der Waals surface area contributed by atoms with Gasteiger partial charge in [-0.15, -0.1) is 0 Å². The average Bonchev–Trinajstić information content (AvgIpc) is 4.02. The van der Waals surface area contributed by atoms with Crippen molar-refractivity contribution in [3.63, 3.8) is 0 Å². The Morgan fingerprint density at radius 1 is 0.436 bits per heavy atom. The van der Waals surface area contributed by atoms with Gasteiger partial charge in [0.25, 0.3) is 0 Å². The topological polar surface area (TPSA) is 60.5 Å². The van der Waals surface area contributed by atoms with Gasteiger partial charge in [-0.05, 0) is 97.1 Å². The first kappa shape index (κ1) is 29.9. The molecule has 0 unspecified atom stereocenters. The van der Waals surface area contributed by atoms with Crippen LogP contribution in [0.1, 0.15) is 0 Å². The number of hydrogen-bond donors (Lipinski definition) is 0. The Balaban J connectivity index is 1.14. The van der Waals surface area contributed by atoms with E-state index in [1.165, 1.54) is 5.39 Å². The summed E-state index contributed by atoms with van der Waals surface area (Å²) < 4.78 is 21.8. The van der Waals surface area contributed by atoms with Crippen LogP contribution in [0.3, 0.4) is 0 Å². The number of rotatable bonds is 5. The number of furan rings is 2. The second kappa shape index (κ2) is 11.5. The molecular weight excluding hydrogens is 679 g/mol. The third-order valence-corrected chi connectivity index (χ3v) is 10.8. The summed E-state index contributed by atoms with van der Waals surface area (Å²) >= 11 is 0. The van der Waals surface area contributed by atoms with Gasteiger partial charge in [-0.2, -0.15) is 0 Å². The number of hydrogen-bond acceptors (Lipinski definition) is 5. The molecule has 0 fully saturated rings. The Kier molecular flexibility index (Phi) is 6.24. The third kappa shape index (κ3) is 4.46. The van der Waals surface area contributed by atoms with Crippen LogP contribution < -0.4 is 4.90 Å². The van der Waals surface area contributed by atoms with Crippen LogP contribution >= 0.6 is 0 Å². The Morgan fingerprint density at radius 2 is 1.07 bits per heavy atom. The largest absolute Gasteiger partial charge is 0.456 e. The molecule has 258 valence electrons. The Bertz CT molecular complexity index is 3440. The fourth-order valence-electron chi connectivity index (χ4n) is 8.40. The van der Waals surface area contributed by atoms with Gasteiger partial charge in [-0.1, -0.05) is 78.9 Å². The van der Waals surface area contributed by atoms with Gasteiger partial charge in [0.1, 0.15) is 27.8 Å². The van der Waals surface area contributed by atoms with Gasteiger partial charge in [0.2, 0.25) is 5.89 Å². The van der Waals surface area contributed by atoms with Crippen molar-refractivity contribution in [2.75, 3.05) is 4.90 Å². The van der Waals surface area contributed by atoms with Crippen molar-refractivity contribution >= 4 is 93.8 Å². The van der Waals surface area contributed by atoms with E-state index in [0.29, 0.717) is 11.5 Å². The summed E-state index contributed by atoms with van der Waals surface area (Å²) in [6.07, 6.45) is 0. The quantitative estimate of drug-likeness (QED) is 0.178.